The summed E-state index contributed by atoms with van der Waals surface area (Å²) in [7, 11) is 3.30. The number of methoxy groups -OCH3 is 2. The van der Waals surface area contributed by atoms with E-state index in [1.54, 1.807) is 18.7 Å². The van der Waals surface area contributed by atoms with Crippen LogP contribution in [-0.2, 0) is 0 Å². The van der Waals surface area contributed by atoms with Gasteiger partial charge in [0.25, 0.3) is 0 Å². The van der Waals surface area contributed by atoms with Crippen LogP contribution in [0, 0.1) is 0 Å². The highest BCUT2D eigenvalue weighted by atomic mass is 16.5. The second kappa shape index (κ2) is 10.0. The minimum Gasteiger partial charge on any atom is -0.497 e. The van der Waals surface area contributed by atoms with Crippen molar-refractivity contribution >= 4 is 17.3 Å². The number of fused-ring (bicyclic) bond motifs is 1. The predicted octanol–water partition coefficient (Wildman–Crippen LogP) is 4.63. The zero-order valence-electron chi connectivity index (χ0n) is 19.5. The molecule has 0 radical (unpaired) electrons. The summed E-state index contributed by atoms with van der Waals surface area (Å²) < 4.78 is 18.7. The Morgan fingerprint density at radius 3 is 2.47 bits per heavy atom. The monoisotopic (exact) mass is 459 g/mol. The highest BCUT2D eigenvalue weighted by molar-refractivity contribution is 5.72. The number of benzene rings is 2. The maximum atomic E-state index is 5.90. The van der Waals surface area contributed by atoms with Crippen molar-refractivity contribution in [3.05, 3.63) is 60.7 Å². The summed E-state index contributed by atoms with van der Waals surface area (Å²) >= 11 is 0. The van der Waals surface area contributed by atoms with E-state index in [1.807, 2.05) is 60.7 Å². The van der Waals surface area contributed by atoms with Crippen LogP contribution in [0.4, 0.5) is 11.6 Å². The first-order valence-corrected chi connectivity index (χ1v) is 11.5. The number of rotatable bonds is 9. The molecule has 1 fully saturated rings. The lowest BCUT2D eigenvalue weighted by molar-refractivity contribution is 0.238. The molecule has 3 heterocycles. The molecule has 1 N–H and O–H groups in total. The van der Waals surface area contributed by atoms with Gasteiger partial charge in [-0.15, -0.1) is 5.10 Å². The van der Waals surface area contributed by atoms with E-state index < -0.39 is 0 Å². The fourth-order valence-corrected chi connectivity index (χ4v) is 4.24. The number of hydrogen-bond acceptors (Lipinski definition) is 7. The molecule has 2 aromatic carbocycles. The number of nitrogens with zero attached hydrogens (tertiary/aromatic N) is 4. The lowest BCUT2D eigenvalue weighted by Crippen LogP contribution is -2.25. The molecule has 0 atom stereocenters. The molecule has 0 spiro atoms. The number of hydrogen-bond donors (Lipinski definition) is 1. The highest BCUT2D eigenvalue weighted by Gasteiger charge is 2.14. The second-order valence-electron chi connectivity index (χ2n) is 8.23. The average molecular weight is 460 g/mol. The van der Waals surface area contributed by atoms with E-state index in [-0.39, 0.29) is 0 Å². The van der Waals surface area contributed by atoms with Gasteiger partial charge < -0.3 is 19.5 Å². The summed E-state index contributed by atoms with van der Waals surface area (Å²) in [5.74, 6) is 2.85. The first-order chi connectivity index (χ1) is 16.7. The number of nitrogens with one attached hydrogen (secondary N) is 1. The van der Waals surface area contributed by atoms with E-state index in [0.717, 1.165) is 46.4 Å². The first-order valence-electron chi connectivity index (χ1n) is 11.5. The molecule has 4 aromatic rings. The van der Waals surface area contributed by atoms with E-state index in [4.69, 9.17) is 19.3 Å². The van der Waals surface area contributed by atoms with Gasteiger partial charge in [0.05, 0.1) is 19.9 Å². The number of likely N-dealkylation sites (tertiary alicyclic amines) is 1. The summed E-state index contributed by atoms with van der Waals surface area (Å²) in [5.41, 5.74) is 3.35. The van der Waals surface area contributed by atoms with Crippen LogP contribution in [0.2, 0.25) is 0 Å². The third-order valence-electron chi connectivity index (χ3n) is 6.03. The van der Waals surface area contributed by atoms with Gasteiger partial charge in [0, 0.05) is 17.8 Å². The molecule has 0 aliphatic carbocycles. The topological polar surface area (TPSA) is 73.2 Å². The number of ether oxygens (including phenoxy) is 3. The van der Waals surface area contributed by atoms with Gasteiger partial charge in [-0.25, -0.2) is 4.52 Å². The molecule has 34 heavy (non-hydrogen) atoms. The van der Waals surface area contributed by atoms with Crippen LogP contribution >= 0.6 is 0 Å². The maximum absolute atomic E-state index is 5.90. The lowest BCUT2D eigenvalue weighted by Gasteiger charge is -2.15. The van der Waals surface area contributed by atoms with Crippen molar-refractivity contribution in [1.82, 2.24) is 19.5 Å². The molecule has 1 saturated heterocycles. The number of anilines is 2. The number of aromatic nitrogens is 3. The Balaban J connectivity index is 1.32. The van der Waals surface area contributed by atoms with Gasteiger partial charge in [-0.2, -0.15) is 4.98 Å². The van der Waals surface area contributed by atoms with E-state index in [9.17, 15) is 0 Å². The highest BCUT2D eigenvalue weighted by Crippen LogP contribution is 2.33. The fraction of sp³-hybridized carbons (Fsp3) is 0.308. The van der Waals surface area contributed by atoms with Gasteiger partial charge in [-0.3, -0.25) is 4.90 Å². The molecule has 176 valence electrons. The normalized spacial score (nSPS) is 13.8. The minimum atomic E-state index is 0.511. The van der Waals surface area contributed by atoms with E-state index in [2.05, 4.69) is 15.2 Å². The zero-order valence-corrected chi connectivity index (χ0v) is 19.5. The molecule has 0 unspecified atom stereocenters. The molecule has 1 aliphatic heterocycles. The number of pyridine rings is 1. The van der Waals surface area contributed by atoms with Gasteiger partial charge in [-0.05, 0) is 80.5 Å². The molecule has 0 amide bonds. The van der Waals surface area contributed by atoms with Crippen LogP contribution in [0.1, 0.15) is 12.8 Å². The van der Waals surface area contributed by atoms with Crippen molar-refractivity contribution in [3.8, 4) is 28.5 Å². The van der Waals surface area contributed by atoms with Gasteiger partial charge in [0.15, 0.2) is 5.65 Å². The van der Waals surface area contributed by atoms with Crippen molar-refractivity contribution in [2.75, 3.05) is 45.8 Å². The Kier molecular flexibility index (Phi) is 6.49. The van der Waals surface area contributed by atoms with Crippen LogP contribution in [0.3, 0.4) is 0 Å². The summed E-state index contributed by atoms with van der Waals surface area (Å²) in [6.45, 7) is 4.05. The molecule has 8 heteroatoms. The summed E-state index contributed by atoms with van der Waals surface area (Å²) in [6, 6.07) is 19.4. The minimum absolute atomic E-state index is 0.511. The standard InChI is InChI=1S/C26H29N5O3/c1-32-21-12-13-24(33-2)22(18-21)23-6-5-7-25-28-26(29-31(23)25)27-19-8-10-20(11-9-19)34-17-16-30-14-3-4-15-30/h5-13,18H,3-4,14-17H2,1-2H3,(H,27,29). The Morgan fingerprint density at radius 1 is 0.912 bits per heavy atom. The van der Waals surface area contributed by atoms with Crippen molar-refractivity contribution in [2.24, 2.45) is 0 Å². The molecule has 5 rings (SSSR count). The average Bonchev–Trinajstić information content (AvgIpc) is 3.54. The lowest BCUT2D eigenvalue weighted by atomic mass is 10.1. The van der Waals surface area contributed by atoms with Gasteiger partial charge in [-0.1, -0.05) is 6.07 Å². The van der Waals surface area contributed by atoms with Crippen molar-refractivity contribution < 1.29 is 14.2 Å². The largest absolute Gasteiger partial charge is 0.497 e. The fourth-order valence-electron chi connectivity index (χ4n) is 4.24. The zero-order chi connectivity index (χ0) is 23.3. The quantitative estimate of drug-likeness (QED) is 0.391. The summed E-state index contributed by atoms with van der Waals surface area (Å²) in [6.07, 6.45) is 2.60. The van der Waals surface area contributed by atoms with Crippen LogP contribution in [0.15, 0.2) is 60.7 Å². The maximum Gasteiger partial charge on any atom is 0.247 e. The first kappa shape index (κ1) is 22.0. The molecule has 0 bridgehead atoms. The van der Waals surface area contributed by atoms with Crippen molar-refractivity contribution in [2.45, 2.75) is 12.8 Å². The van der Waals surface area contributed by atoms with E-state index in [0.29, 0.717) is 12.6 Å². The van der Waals surface area contributed by atoms with Crippen molar-refractivity contribution in [3.63, 3.8) is 0 Å². The Hall–Kier alpha value is -3.78. The van der Waals surface area contributed by atoms with Crippen molar-refractivity contribution in [1.29, 1.82) is 0 Å². The molecule has 8 nitrogen and oxygen atoms in total. The van der Waals surface area contributed by atoms with E-state index in [1.165, 1.54) is 25.9 Å². The Labute approximate surface area is 199 Å². The SMILES string of the molecule is COc1ccc(OC)c(-c2cccc3nc(Nc4ccc(OCCN5CCCC5)cc4)nn23)c1. The molecular weight excluding hydrogens is 430 g/mol. The van der Waals surface area contributed by atoms with E-state index >= 15 is 0 Å². The smallest absolute Gasteiger partial charge is 0.247 e. The Bertz CT molecular complexity index is 1250. The van der Waals surface area contributed by atoms with Crippen LogP contribution in [-0.4, -0.2) is 60.0 Å². The third-order valence-corrected chi connectivity index (χ3v) is 6.03. The van der Waals surface area contributed by atoms with Gasteiger partial charge in [0.1, 0.15) is 23.9 Å². The molecule has 2 aromatic heterocycles. The third kappa shape index (κ3) is 4.77. The van der Waals surface area contributed by atoms with Crippen LogP contribution in [0.25, 0.3) is 16.9 Å². The van der Waals surface area contributed by atoms with Crippen LogP contribution in [0.5, 0.6) is 17.2 Å². The van der Waals surface area contributed by atoms with Crippen LogP contribution < -0.4 is 19.5 Å². The predicted molar refractivity (Wildman–Crippen MR) is 132 cm³/mol. The Morgan fingerprint density at radius 2 is 1.71 bits per heavy atom. The molecular formula is C26H29N5O3. The van der Waals surface area contributed by atoms with Gasteiger partial charge >= 0.3 is 0 Å². The second-order valence-corrected chi connectivity index (χ2v) is 8.23. The van der Waals surface area contributed by atoms with Gasteiger partial charge in [0.2, 0.25) is 5.95 Å². The molecule has 0 saturated carbocycles. The summed E-state index contributed by atoms with van der Waals surface area (Å²) in [5, 5.41) is 7.98. The summed E-state index contributed by atoms with van der Waals surface area (Å²) in [4.78, 5) is 7.09. The molecule has 1 aliphatic rings.